The van der Waals surface area contributed by atoms with Crippen molar-refractivity contribution in [2.75, 3.05) is 6.61 Å². The van der Waals surface area contributed by atoms with E-state index >= 15 is 0 Å². The molecule has 1 aliphatic rings. The summed E-state index contributed by atoms with van der Waals surface area (Å²) in [4.78, 5) is 12.7. The van der Waals surface area contributed by atoms with Crippen molar-refractivity contribution in [1.82, 2.24) is 24.9 Å². The average Bonchev–Trinajstić information content (AvgIpc) is 3.47. The van der Waals surface area contributed by atoms with Gasteiger partial charge in [0, 0.05) is 18.8 Å². The zero-order valence-corrected chi connectivity index (χ0v) is 26.5. The predicted molar refractivity (Wildman–Crippen MR) is 142 cm³/mol. The number of benzene rings is 1. The highest BCUT2D eigenvalue weighted by Crippen LogP contribution is 2.62. The van der Waals surface area contributed by atoms with Gasteiger partial charge in [-0.3, -0.25) is 4.79 Å². The number of rotatable bonds is 12. The van der Waals surface area contributed by atoms with Crippen molar-refractivity contribution < 1.29 is 88.6 Å². The standard InChI is InChI=1S/C27H15ClF18N6O2/c1-51-18(52-8-12(7-48-52)11-2-3-14(28)13(6-11)16(53)49-19(9-47)4-5-19)15(21(31,32)33)17(50-51)54-10-20(29,30)22(34,35)23(36,37)24(38,39)25(40,41)26(42,43)27(44,45)46/h2-3,6-8H,4-5,10H2,1H3,(H,49,53). The van der Waals surface area contributed by atoms with E-state index in [0.29, 0.717) is 24.6 Å². The lowest BCUT2D eigenvalue weighted by atomic mass is 9.91. The molecule has 0 aliphatic heterocycles. The average molecular weight is 833 g/mol. The second-order valence-electron chi connectivity index (χ2n) is 11.5. The van der Waals surface area contributed by atoms with E-state index in [1.54, 1.807) is 0 Å². The van der Waals surface area contributed by atoms with Crippen LogP contribution in [0.25, 0.3) is 16.9 Å². The summed E-state index contributed by atoms with van der Waals surface area (Å²) >= 11 is 6.06. The first-order chi connectivity index (χ1) is 24.2. The summed E-state index contributed by atoms with van der Waals surface area (Å²) in [5.74, 6) is -53.2. The van der Waals surface area contributed by atoms with Crippen molar-refractivity contribution >= 4 is 17.5 Å². The molecule has 8 nitrogen and oxygen atoms in total. The number of alkyl halides is 18. The summed E-state index contributed by atoms with van der Waals surface area (Å²) < 4.78 is 250. The predicted octanol–water partition coefficient (Wildman–Crippen LogP) is 8.48. The van der Waals surface area contributed by atoms with Gasteiger partial charge in [0.25, 0.3) is 5.91 Å². The Morgan fingerprint density at radius 3 is 1.91 bits per heavy atom. The normalized spacial score (nSPS) is 15.9. The third kappa shape index (κ3) is 6.60. The first kappa shape index (κ1) is 42.2. The molecule has 4 rings (SSSR count). The minimum atomic E-state index is -8.61. The Balaban J connectivity index is 1.67. The third-order valence-corrected chi connectivity index (χ3v) is 8.04. The van der Waals surface area contributed by atoms with E-state index in [-0.39, 0.29) is 26.4 Å². The SMILES string of the molecule is Cn1nc(OCC(F)(F)C(F)(F)C(F)(F)C(F)(F)C(F)(F)C(F)(F)C(F)(F)F)c(C(F)(F)F)c1-n1cc(-c2ccc(Cl)c(C(=O)NC3(C#N)CC3)c2)cn1. The second-order valence-corrected chi connectivity index (χ2v) is 11.9. The Morgan fingerprint density at radius 1 is 0.870 bits per heavy atom. The topological polar surface area (TPSA) is 97.8 Å². The van der Waals surface area contributed by atoms with Crippen molar-refractivity contribution in [1.29, 1.82) is 5.26 Å². The van der Waals surface area contributed by atoms with E-state index in [4.69, 9.17) is 11.6 Å². The van der Waals surface area contributed by atoms with Gasteiger partial charge in [-0.1, -0.05) is 17.7 Å². The van der Waals surface area contributed by atoms with Gasteiger partial charge < -0.3 is 10.1 Å². The van der Waals surface area contributed by atoms with E-state index in [1.807, 2.05) is 6.07 Å². The fourth-order valence-electron chi connectivity index (χ4n) is 4.49. The number of nitrogens with one attached hydrogen (secondary N) is 1. The lowest BCUT2D eigenvalue weighted by Gasteiger charge is -2.41. The molecule has 2 heterocycles. The maximum Gasteiger partial charge on any atom is 0.460 e. The Hall–Kier alpha value is -4.57. The van der Waals surface area contributed by atoms with Crippen LogP contribution < -0.4 is 10.1 Å². The fraction of sp³-hybridized carbons (Fsp3) is 0.481. The Labute approximate surface area is 292 Å². The summed E-state index contributed by atoms with van der Waals surface area (Å²) in [6.45, 7) is -3.57. The molecule has 0 radical (unpaired) electrons. The molecule has 1 amide bonds. The van der Waals surface area contributed by atoms with Crippen LogP contribution >= 0.6 is 11.6 Å². The van der Waals surface area contributed by atoms with Crippen LogP contribution in [-0.4, -0.2) is 79.3 Å². The molecule has 2 aromatic heterocycles. The largest absolute Gasteiger partial charge is 0.469 e. The highest BCUT2D eigenvalue weighted by atomic mass is 35.5. The summed E-state index contributed by atoms with van der Waals surface area (Å²) in [5, 5.41) is 18.1. The fourth-order valence-corrected chi connectivity index (χ4v) is 4.70. The van der Waals surface area contributed by atoms with Gasteiger partial charge in [0.15, 0.2) is 18.0 Å². The van der Waals surface area contributed by atoms with Crippen LogP contribution in [0, 0.1) is 11.3 Å². The number of aryl methyl sites for hydroxylation is 1. The quantitative estimate of drug-likeness (QED) is 0.185. The van der Waals surface area contributed by atoms with Crippen molar-refractivity contribution in [3.05, 3.63) is 46.7 Å². The molecular weight excluding hydrogens is 818 g/mol. The van der Waals surface area contributed by atoms with E-state index in [0.717, 1.165) is 18.5 Å². The molecule has 1 aromatic carbocycles. The number of halogens is 19. The van der Waals surface area contributed by atoms with Gasteiger partial charge >= 0.3 is 47.9 Å². The van der Waals surface area contributed by atoms with Crippen molar-refractivity contribution in [2.24, 2.45) is 7.05 Å². The monoisotopic (exact) mass is 832 g/mol. The van der Waals surface area contributed by atoms with Crippen LogP contribution in [0.2, 0.25) is 5.02 Å². The smallest absolute Gasteiger partial charge is 0.460 e. The molecule has 54 heavy (non-hydrogen) atoms. The molecule has 0 bridgehead atoms. The number of hydrogen-bond donors (Lipinski definition) is 1. The molecule has 1 N–H and O–H groups in total. The molecule has 3 aromatic rings. The first-order valence-corrected chi connectivity index (χ1v) is 14.3. The van der Waals surface area contributed by atoms with Crippen molar-refractivity contribution in [3.8, 4) is 28.9 Å². The molecular formula is C27H15ClF18N6O2. The number of ether oxygens (including phenoxy) is 1. The lowest BCUT2D eigenvalue weighted by molar-refractivity contribution is -0.453. The highest BCUT2D eigenvalue weighted by Gasteiger charge is 2.93. The van der Waals surface area contributed by atoms with Gasteiger partial charge in [0.1, 0.15) is 5.54 Å². The minimum Gasteiger partial charge on any atom is -0.469 e. The van der Waals surface area contributed by atoms with Crippen LogP contribution in [0.15, 0.2) is 30.6 Å². The second kappa shape index (κ2) is 12.8. The first-order valence-electron chi connectivity index (χ1n) is 13.9. The molecule has 27 heteroatoms. The number of carbonyl (C=O) groups is 1. The van der Waals surface area contributed by atoms with E-state index in [9.17, 15) is 89.1 Å². The zero-order chi connectivity index (χ0) is 41.5. The molecule has 0 atom stereocenters. The van der Waals surface area contributed by atoms with Crippen LogP contribution in [0.4, 0.5) is 79.0 Å². The number of hydrogen-bond acceptors (Lipinski definition) is 5. The lowest BCUT2D eigenvalue weighted by Crippen LogP contribution is -2.73. The number of amides is 1. The zero-order valence-electron chi connectivity index (χ0n) is 25.7. The third-order valence-electron chi connectivity index (χ3n) is 7.71. The molecule has 0 unspecified atom stereocenters. The highest BCUT2D eigenvalue weighted by molar-refractivity contribution is 6.34. The summed E-state index contributed by atoms with van der Waals surface area (Å²) in [7, 11) is 0.622. The van der Waals surface area contributed by atoms with E-state index < -0.39 is 83.2 Å². The Morgan fingerprint density at radius 2 is 1.41 bits per heavy atom. The molecule has 1 aliphatic carbocycles. The van der Waals surface area contributed by atoms with Gasteiger partial charge in [-0.05, 0) is 30.5 Å². The van der Waals surface area contributed by atoms with Gasteiger partial charge in [-0.25, -0.2) is 9.36 Å². The van der Waals surface area contributed by atoms with Crippen LogP contribution in [0.3, 0.4) is 0 Å². The van der Waals surface area contributed by atoms with E-state index in [2.05, 4.69) is 20.3 Å². The van der Waals surface area contributed by atoms with Gasteiger partial charge in [-0.2, -0.15) is 89.4 Å². The summed E-state index contributed by atoms with van der Waals surface area (Å²) in [6, 6.07) is 5.42. The van der Waals surface area contributed by atoms with Crippen molar-refractivity contribution in [3.63, 3.8) is 0 Å². The van der Waals surface area contributed by atoms with Crippen LogP contribution in [-0.2, 0) is 13.2 Å². The number of nitriles is 1. The van der Waals surface area contributed by atoms with Crippen LogP contribution in [0.5, 0.6) is 5.88 Å². The molecule has 0 saturated heterocycles. The van der Waals surface area contributed by atoms with Gasteiger partial charge in [0.05, 0.1) is 22.9 Å². The number of nitrogens with zero attached hydrogens (tertiary/aromatic N) is 5. The van der Waals surface area contributed by atoms with Gasteiger partial charge in [0.2, 0.25) is 5.88 Å². The molecule has 298 valence electrons. The maximum atomic E-state index is 14.4. The van der Waals surface area contributed by atoms with Crippen molar-refractivity contribution in [2.45, 2.75) is 66.3 Å². The number of aromatic nitrogens is 4. The van der Waals surface area contributed by atoms with Crippen LogP contribution in [0.1, 0.15) is 28.8 Å². The van der Waals surface area contributed by atoms with E-state index in [1.165, 1.54) is 12.1 Å². The summed E-state index contributed by atoms with van der Waals surface area (Å²) in [5.41, 5.74) is -3.74. The maximum absolute atomic E-state index is 14.4. The molecule has 1 saturated carbocycles. The minimum absolute atomic E-state index is 0.0305. The summed E-state index contributed by atoms with van der Waals surface area (Å²) in [6.07, 6.45) is -11.3. The number of carbonyl (C=O) groups excluding carboxylic acids is 1. The Bertz CT molecular complexity index is 1970. The van der Waals surface area contributed by atoms with Gasteiger partial charge in [-0.15, -0.1) is 5.10 Å². The molecule has 0 spiro atoms. The Kier molecular flexibility index (Phi) is 9.96. The molecule has 1 fully saturated rings.